The molecule has 3 nitrogen and oxygen atoms in total. The molecule has 222 valence electrons. The standard InChI is InChI=1S/C33H52O3.C3H8/c1-9-12-22(6)14-15-26-20-29(21(4)5)30-18-25(19-32(36)33(30)24(26)8)17-27(13-10-2)28(11-3)31(35)16-23(7)34;1-3-2/h20-22,25,27-28H,9-19H2,1-8H3;3H2,1-2H3. The van der Waals surface area contributed by atoms with Crippen LogP contribution in [0.5, 0.6) is 0 Å². The van der Waals surface area contributed by atoms with E-state index in [0.717, 1.165) is 44.1 Å². The van der Waals surface area contributed by atoms with Gasteiger partial charge in [0.2, 0.25) is 0 Å². The van der Waals surface area contributed by atoms with Crippen LogP contribution < -0.4 is 0 Å². The van der Waals surface area contributed by atoms with E-state index in [1.807, 2.05) is 0 Å². The third-order valence-corrected chi connectivity index (χ3v) is 8.53. The summed E-state index contributed by atoms with van der Waals surface area (Å²) in [6.45, 7) is 21.2. The lowest BCUT2D eigenvalue weighted by molar-refractivity contribution is -0.129. The average Bonchev–Trinajstić information content (AvgIpc) is 2.84. The zero-order chi connectivity index (χ0) is 29.7. The number of carbonyl (C=O) groups excluding carboxylic acids is 3. The predicted molar refractivity (Wildman–Crippen MR) is 167 cm³/mol. The van der Waals surface area contributed by atoms with Gasteiger partial charge in [-0.3, -0.25) is 14.4 Å². The van der Waals surface area contributed by atoms with Crippen LogP contribution in [-0.4, -0.2) is 17.3 Å². The summed E-state index contributed by atoms with van der Waals surface area (Å²) in [5, 5.41) is 0. The molecule has 0 bridgehead atoms. The maximum atomic E-state index is 13.6. The Morgan fingerprint density at radius 3 is 2.08 bits per heavy atom. The molecule has 0 radical (unpaired) electrons. The second-order valence-electron chi connectivity index (χ2n) is 12.7. The van der Waals surface area contributed by atoms with Crippen molar-refractivity contribution in [2.24, 2.45) is 23.7 Å². The van der Waals surface area contributed by atoms with E-state index in [1.165, 1.54) is 54.9 Å². The fraction of sp³-hybridized carbons (Fsp3) is 0.750. The predicted octanol–water partition coefficient (Wildman–Crippen LogP) is 10.0. The summed E-state index contributed by atoms with van der Waals surface area (Å²) in [7, 11) is 0. The molecule has 4 atom stereocenters. The summed E-state index contributed by atoms with van der Waals surface area (Å²) in [5.41, 5.74) is 6.18. The van der Waals surface area contributed by atoms with Crippen molar-refractivity contribution in [1.82, 2.24) is 0 Å². The highest BCUT2D eigenvalue weighted by Crippen LogP contribution is 2.40. The van der Waals surface area contributed by atoms with E-state index < -0.39 is 0 Å². The monoisotopic (exact) mass is 540 g/mol. The molecule has 1 aromatic rings. The van der Waals surface area contributed by atoms with Crippen LogP contribution in [0.25, 0.3) is 0 Å². The van der Waals surface area contributed by atoms with Crippen molar-refractivity contribution in [2.75, 3.05) is 0 Å². The number of carbonyl (C=O) groups is 3. The Bertz CT molecular complexity index is 926. The van der Waals surface area contributed by atoms with Crippen molar-refractivity contribution < 1.29 is 14.4 Å². The normalized spacial score (nSPS) is 17.2. The summed E-state index contributed by atoms with van der Waals surface area (Å²) >= 11 is 0. The van der Waals surface area contributed by atoms with Crippen molar-refractivity contribution in [1.29, 1.82) is 0 Å². The van der Waals surface area contributed by atoms with Crippen molar-refractivity contribution >= 4 is 17.3 Å². The first-order valence-electron chi connectivity index (χ1n) is 16.2. The molecule has 0 amide bonds. The molecule has 39 heavy (non-hydrogen) atoms. The van der Waals surface area contributed by atoms with Crippen LogP contribution in [-0.2, 0) is 22.4 Å². The third kappa shape index (κ3) is 10.6. The molecule has 0 saturated heterocycles. The number of benzene rings is 1. The first-order chi connectivity index (χ1) is 18.4. The maximum Gasteiger partial charge on any atom is 0.163 e. The molecule has 0 saturated carbocycles. The average molecular weight is 541 g/mol. The molecule has 1 aliphatic rings. The van der Waals surface area contributed by atoms with E-state index in [4.69, 9.17) is 0 Å². The lowest BCUT2D eigenvalue weighted by atomic mass is 9.70. The second-order valence-corrected chi connectivity index (χ2v) is 12.7. The minimum Gasteiger partial charge on any atom is -0.300 e. The Balaban J connectivity index is 0.00000242. The van der Waals surface area contributed by atoms with E-state index in [0.29, 0.717) is 24.0 Å². The van der Waals surface area contributed by atoms with Gasteiger partial charge < -0.3 is 0 Å². The molecule has 1 aliphatic carbocycles. The Labute approximate surface area is 241 Å². The molecular formula is C36H60O3. The summed E-state index contributed by atoms with van der Waals surface area (Å²) in [5.74, 6) is 1.86. The van der Waals surface area contributed by atoms with Crippen LogP contribution >= 0.6 is 0 Å². The molecule has 2 rings (SSSR count). The Morgan fingerprint density at radius 1 is 0.949 bits per heavy atom. The lowest BCUT2D eigenvalue weighted by Gasteiger charge is -2.33. The van der Waals surface area contributed by atoms with Crippen LogP contribution in [0.2, 0.25) is 0 Å². The summed E-state index contributed by atoms with van der Waals surface area (Å²) < 4.78 is 0. The molecule has 0 aliphatic heterocycles. The number of ketones is 3. The van der Waals surface area contributed by atoms with Crippen LogP contribution in [0.4, 0.5) is 0 Å². The molecule has 0 fully saturated rings. The number of aryl methyl sites for hydroxylation is 1. The zero-order valence-electron chi connectivity index (χ0n) is 27.2. The summed E-state index contributed by atoms with van der Waals surface area (Å²) in [6, 6.07) is 2.40. The highest BCUT2D eigenvalue weighted by atomic mass is 16.1. The number of Topliss-reactive ketones (excluding diaryl/α,β-unsaturated/α-hetero) is 3. The largest absolute Gasteiger partial charge is 0.300 e. The van der Waals surface area contributed by atoms with Gasteiger partial charge in [0.25, 0.3) is 0 Å². The van der Waals surface area contributed by atoms with Crippen molar-refractivity contribution in [3.05, 3.63) is 33.9 Å². The lowest BCUT2D eigenvalue weighted by Crippen LogP contribution is -2.30. The van der Waals surface area contributed by atoms with Crippen molar-refractivity contribution in [3.63, 3.8) is 0 Å². The van der Waals surface area contributed by atoms with Gasteiger partial charge in [-0.25, -0.2) is 0 Å². The number of hydrogen-bond acceptors (Lipinski definition) is 3. The number of rotatable bonds is 15. The van der Waals surface area contributed by atoms with Gasteiger partial charge in [0.05, 0.1) is 6.42 Å². The third-order valence-electron chi connectivity index (χ3n) is 8.53. The van der Waals surface area contributed by atoms with Gasteiger partial charge in [-0.1, -0.05) is 93.6 Å². The van der Waals surface area contributed by atoms with Gasteiger partial charge in [0.15, 0.2) is 5.78 Å². The molecule has 1 aromatic carbocycles. The fourth-order valence-electron chi connectivity index (χ4n) is 6.70. The molecule has 3 heteroatoms. The van der Waals surface area contributed by atoms with Crippen LogP contribution in [0.1, 0.15) is 165 Å². The summed E-state index contributed by atoms with van der Waals surface area (Å²) in [4.78, 5) is 38.2. The van der Waals surface area contributed by atoms with Crippen molar-refractivity contribution in [3.8, 4) is 0 Å². The Morgan fingerprint density at radius 2 is 1.56 bits per heavy atom. The van der Waals surface area contributed by atoms with E-state index in [9.17, 15) is 14.4 Å². The highest BCUT2D eigenvalue weighted by molar-refractivity contribution is 6.01. The number of hydrogen-bond donors (Lipinski definition) is 0. The van der Waals surface area contributed by atoms with E-state index in [2.05, 4.69) is 68.4 Å². The molecule has 4 unspecified atom stereocenters. The minimum atomic E-state index is -0.0795. The maximum absolute atomic E-state index is 13.6. The van der Waals surface area contributed by atoms with E-state index in [1.54, 1.807) is 0 Å². The van der Waals surface area contributed by atoms with Gasteiger partial charge in [0, 0.05) is 17.9 Å². The first kappa shape index (κ1) is 35.3. The van der Waals surface area contributed by atoms with E-state index >= 15 is 0 Å². The van der Waals surface area contributed by atoms with Gasteiger partial charge in [0.1, 0.15) is 11.6 Å². The van der Waals surface area contributed by atoms with Crippen LogP contribution in [0.3, 0.4) is 0 Å². The number of fused-ring (bicyclic) bond motifs is 1. The van der Waals surface area contributed by atoms with Gasteiger partial charge in [-0.2, -0.15) is 0 Å². The van der Waals surface area contributed by atoms with Crippen LogP contribution in [0.15, 0.2) is 6.07 Å². The Kier molecular flexibility index (Phi) is 16.1. The van der Waals surface area contributed by atoms with Gasteiger partial charge in [-0.05, 0) is 91.9 Å². The van der Waals surface area contributed by atoms with Crippen LogP contribution in [0, 0.1) is 30.6 Å². The molecule has 0 N–H and O–H groups in total. The zero-order valence-corrected chi connectivity index (χ0v) is 27.2. The molecule has 0 heterocycles. The molecular weight excluding hydrogens is 480 g/mol. The Hall–Kier alpha value is -1.77. The van der Waals surface area contributed by atoms with Gasteiger partial charge in [-0.15, -0.1) is 0 Å². The minimum absolute atomic E-state index is 0.0431. The highest BCUT2D eigenvalue weighted by Gasteiger charge is 2.34. The summed E-state index contributed by atoms with van der Waals surface area (Å²) in [6.07, 6.45) is 11.2. The van der Waals surface area contributed by atoms with Crippen molar-refractivity contribution in [2.45, 2.75) is 152 Å². The molecule has 0 spiro atoms. The first-order valence-corrected chi connectivity index (χ1v) is 16.2. The molecule has 0 aromatic heterocycles. The topological polar surface area (TPSA) is 51.2 Å². The fourth-order valence-corrected chi connectivity index (χ4v) is 6.70. The van der Waals surface area contributed by atoms with E-state index in [-0.39, 0.29) is 35.7 Å². The second kappa shape index (κ2) is 17.8. The smallest absolute Gasteiger partial charge is 0.163 e. The SMILES string of the molecule is CCC.CCCC(C)CCc1cc(C(C)C)c2c(c1C)C(=O)CC(CC(CCC)C(CC)C(=O)CC(C)=O)C2. The quantitative estimate of drug-likeness (QED) is 0.208. The van der Waals surface area contributed by atoms with Gasteiger partial charge >= 0.3 is 0 Å².